The molecule has 0 rings (SSSR count). The number of hydrogen-bond donors (Lipinski definition) is 2. The monoisotopic (exact) mass is 169 g/mol. The smallest absolute Gasteiger partial charge is 0.234 e. The normalized spacial score (nSPS) is 8.33. The van der Waals surface area contributed by atoms with Gasteiger partial charge in [0.1, 0.15) is 6.42 Å². The van der Waals surface area contributed by atoms with Gasteiger partial charge in [-0.3, -0.25) is 9.59 Å². The second-order valence-corrected chi connectivity index (χ2v) is 2.17. The molecule has 66 valence electrons. The van der Waals surface area contributed by atoms with Crippen LogP contribution in [0.3, 0.4) is 0 Å². The Balaban J connectivity index is 3.27. The number of nitrogens with zero attached hydrogens (tertiary/aromatic N) is 1. The third-order valence-corrected chi connectivity index (χ3v) is 1.06. The highest BCUT2D eigenvalue weighted by Crippen LogP contribution is 1.73. The van der Waals surface area contributed by atoms with E-state index in [1.165, 1.54) is 6.92 Å². The maximum absolute atomic E-state index is 10.6. The molecule has 12 heavy (non-hydrogen) atoms. The van der Waals surface area contributed by atoms with Crippen molar-refractivity contribution in [3.8, 4) is 6.07 Å². The van der Waals surface area contributed by atoms with Gasteiger partial charge in [0.15, 0.2) is 0 Å². The minimum atomic E-state index is -0.317. The quantitative estimate of drug-likeness (QED) is 0.538. The first-order chi connectivity index (χ1) is 5.66. The summed E-state index contributed by atoms with van der Waals surface area (Å²) in [5.41, 5.74) is 0. The van der Waals surface area contributed by atoms with Crippen LogP contribution in [-0.4, -0.2) is 24.9 Å². The maximum atomic E-state index is 10.6. The molecule has 0 aliphatic carbocycles. The third kappa shape index (κ3) is 6.55. The lowest BCUT2D eigenvalue weighted by atomic mass is 10.4. The van der Waals surface area contributed by atoms with E-state index in [4.69, 9.17) is 5.26 Å². The third-order valence-electron chi connectivity index (χ3n) is 1.06. The van der Waals surface area contributed by atoms with Gasteiger partial charge in [0.2, 0.25) is 11.8 Å². The first-order valence-corrected chi connectivity index (χ1v) is 3.55. The van der Waals surface area contributed by atoms with Crippen LogP contribution in [0.5, 0.6) is 0 Å². The lowest BCUT2D eigenvalue weighted by Crippen LogP contribution is -2.33. The van der Waals surface area contributed by atoms with Gasteiger partial charge < -0.3 is 10.6 Å². The van der Waals surface area contributed by atoms with Crippen molar-refractivity contribution in [2.24, 2.45) is 0 Å². The average molecular weight is 169 g/mol. The van der Waals surface area contributed by atoms with Crippen LogP contribution in [0, 0.1) is 11.3 Å². The minimum Gasteiger partial charge on any atom is -0.355 e. The van der Waals surface area contributed by atoms with Crippen molar-refractivity contribution in [3.05, 3.63) is 0 Å². The van der Waals surface area contributed by atoms with Crippen LogP contribution >= 0.6 is 0 Å². The molecule has 0 aliphatic rings. The van der Waals surface area contributed by atoms with Crippen molar-refractivity contribution < 1.29 is 9.59 Å². The van der Waals surface area contributed by atoms with Crippen LogP contribution in [-0.2, 0) is 9.59 Å². The van der Waals surface area contributed by atoms with Crippen molar-refractivity contribution in [1.82, 2.24) is 10.6 Å². The second-order valence-electron chi connectivity index (χ2n) is 2.17. The summed E-state index contributed by atoms with van der Waals surface area (Å²) in [4.78, 5) is 21.0. The van der Waals surface area contributed by atoms with Crippen LogP contribution in [0.2, 0.25) is 0 Å². The fourth-order valence-electron chi connectivity index (χ4n) is 0.575. The Bertz CT molecular complexity index is 207. The lowest BCUT2D eigenvalue weighted by molar-refractivity contribution is -0.121. The van der Waals surface area contributed by atoms with Crippen LogP contribution in [0.25, 0.3) is 0 Å². The van der Waals surface area contributed by atoms with E-state index < -0.39 is 0 Å². The Morgan fingerprint density at radius 2 is 1.92 bits per heavy atom. The number of amides is 2. The number of nitriles is 1. The zero-order chi connectivity index (χ0) is 9.40. The highest BCUT2D eigenvalue weighted by molar-refractivity contribution is 5.78. The highest BCUT2D eigenvalue weighted by Gasteiger charge is 1.97. The summed E-state index contributed by atoms with van der Waals surface area (Å²) in [5.74, 6) is -0.451. The standard InChI is InChI=1S/C7H11N3O2/c1-6(11)9-4-5-10-7(12)2-3-8/h2,4-5H2,1H3,(H,9,11)(H,10,12). The van der Waals surface area contributed by atoms with Crippen LogP contribution in [0.4, 0.5) is 0 Å². The van der Waals surface area contributed by atoms with Crippen LogP contribution in [0.15, 0.2) is 0 Å². The largest absolute Gasteiger partial charge is 0.355 e. The van der Waals surface area contributed by atoms with E-state index in [9.17, 15) is 9.59 Å². The van der Waals surface area contributed by atoms with E-state index in [0.717, 1.165) is 0 Å². The summed E-state index contributed by atoms with van der Waals surface area (Å²) in [6.45, 7) is 2.16. The first kappa shape index (κ1) is 10.4. The second kappa shape index (κ2) is 6.16. The molecule has 0 radical (unpaired) electrons. The molecule has 0 aromatic rings. The molecule has 0 fully saturated rings. The molecule has 0 unspecified atom stereocenters. The summed E-state index contributed by atoms with van der Waals surface area (Å²) in [6.07, 6.45) is -0.139. The van der Waals surface area contributed by atoms with Crippen LogP contribution in [0.1, 0.15) is 13.3 Å². The summed E-state index contributed by atoms with van der Waals surface area (Å²) < 4.78 is 0. The fraction of sp³-hybridized carbons (Fsp3) is 0.571. The van der Waals surface area contributed by atoms with Crippen LogP contribution < -0.4 is 10.6 Å². The molecule has 0 heterocycles. The van der Waals surface area contributed by atoms with Crippen molar-refractivity contribution >= 4 is 11.8 Å². The Morgan fingerprint density at radius 3 is 2.42 bits per heavy atom. The van der Waals surface area contributed by atoms with E-state index in [2.05, 4.69) is 10.6 Å². The number of carbonyl (C=O) groups excluding carboxylic acids is 2. The minimum absolute atomic E-state index is 0.135. The average Bonchev–Trinajstić information content (AvgIpc) is 1.98. The van der Waals surface area contributed by atoms with Crippen molar-refractivity contribution in [2.75, 3.05) is 13.1 Å². The van der Waals surface area contributed by atoms with Gasteiger partial charge in [0, 0.05) is 20.0 Å². The number of carbonyl (C=O) groups is 2. The molecule has 0 aromatic heterocycles. The van der Waals surface area contributed by atoms with Crippen molar-refractivity contribution in [1.29, 1.82) is 5.26 Å². The maximum Gasteiger partial charge on any atom is 0.234 e. The topological polar surface area (TPSA) is 82.0 Å². The Kier molecular flexibility index (Phi) is 5.35. The summed E-state index contributed by atoms with van der Waals surface area (Å²) in [6, 6.07) is 1.72. The summed E-state index contributed by atoms with van der Waals surface area (Å²) in [7, 11) is 0. The van der Waals surface area contributed by atoms with E-state index in [0.29, 0.717) is 13.1 Å². The molecule has 0 bridgehead atoms. The van der Waals surface area contributed by atoms with Crippen molar-refractivity contribution in [2.45, 2.75) is 13.3 Å². The van der Waals surface area contributed by atoms with E-state index in [-0.39, 0.29) is 18.2 Å². The number of nitrogens with one attached hydrogen (secondary N) is 2. The number of hydrogen-bond acceptors (Lipinski definition) is 3. The summed E-state index contributed by atoms with van der Waals surface area (Å²) >= 11 is 0. The highest BCUT2D eigenvalue weighted by atomic mass is 16.2. The molecule has 2 amide bonds. The molecule has 5 heteroatoms. The number of rotatable bonds is 4. The molecule has 0 aromatic carbocycles. The van der Waals surface area contributed by atoms with Gasteiger partial charge in [-0.15, -0.1) is 0 Å². The fourth-order valence-corrected chi connectivity index (χ4v) is 0.575. The molecule has 0 spiro atoms. The zero-order valence-electron chi connectivity index (χ0n) is 6.89. The lowest BCUT2D eigenvalue weighted by Gasteiger charge is -2.02. The molecule has 0 aliphatic heterocycles. The van der Waals surface area contributed by atoms with Gasteiger partial charge in [-0.05, 0) is 0 Å². The Hall–Kier alpha value is -1.57. The molecule has 0 atom stereocenters. The summed E-state index contributed by atoms with van der Waals surface area (Å²) in [5, 5.41) is 13.1. The molecular formula is C7H11N3O2. The zero-order valence-corrected chi connectivity index (χ0v) is 6.89. The van der Waals surface area contributed by atoms with Gasteiger partial charge in [-0.1, -0.05) is 0 Å². The SMILES string of the molecule is CC(=O)NCCNC(=O)CC#N. The Morgan fingerprint density at radius 1 is 1.33 bits per heavy atom. The molecule has 2 N–H and O–H groups in total. The van der Waals surface area contributed by atoms with Crippen molar-refractivity contribution in [3.63, 3.8) is 0 Å². The molecule has 0 saturated carbocycles. The molecular weight excluding hydrogens is 158 g/mol. The van der Waals surface area contributed by atoms with Gasteiger partial charge in [-0.2, -0.15) is 5.26 Å². The van der Waals surface area contributed by atoms with E-state index >= 15 is 0 Å². The predicted molar refractivity (Wildman–Crippen MR) is 41.9 cm³/mol. The Labute approximate surface area is 70.7 Å². The first-order valence-electron chi connectivity index (χ1n) is 3.55. The predicted octanol–water partition coefficient (Wildman–Crippen LogP) is -0.848. The van der Waals surface area contributed by atoms with Gasteiger partial charge >= 0.3 is 0 Å². The molecule has 0 saturated heterocycles. The van der Waals surface area contributed by atoms with Gasteiger partial charge in [0.05, 0.1) is 6.07 Å². The van der Waals surface area contributed by atoms with Gasteiger partial charge in [0.25, 0.3) is 0 Å². The van der Waals surface area contributed by atoms with E-state index in [1.54, 1.807) is 6.07 Å². The molecule has 5 nitrogen and oxygen atoms in total. The van der Waals surface area contributed by atoms with Gasteiger partial charge in [-0.25, -0.2) is 0 Å². The van der Waals surface area contributed by atoms with E-state index in [1.807, 2.05) is 0 Å².